The van der Waals surface area contributed by atoms with E-state index in [0.29, 0.717) is 6.04 Å². The van der Waals surface area contributed by atoms with Crippen molar-refractivity contribution in [2.45, 2.75) is 44.1 Å². The van der Waals surface area contributed by atoms with Gasteiger partial charge < -0.3 is 5.11 Å². The van der Waals surface area contributed by atoms with Gasteiger partial charge in [0.2, 0.25) is 0 Å². The van der Waals surface area contributed by atoms with Crippen LogP contribution in [-0.2, 0) is 22.7 Å². The molecule has 10 radical (unpaired) electrons. The normalized spacial score (nSPS) is 21.9. The number of rotatable bonds is 7. The second kappa shape index (κ2) is 13.8. The van der Waals surface area contributed by atoms with E-state index in [4.69, 9.17) is 0 Å². The van der Waals surface area contributed by atoms with Crippen molar-refractivity contribution in [1.29, 1.82) is 0 Å². The van der Waals surface area contributed by atoms with Crippen LogP contribution < -0.4 is 0 Å². The Balaban J connectivity index is 0.000000568. The summed E-state index contributed by atoms with van der Waals surface area (Å²) in [6.45, 7) is 13.2. The number of likely N-dealkylation sites (tertiary alicyclic amines) is 1. The Hall–Kier alpha value is -1.16. The molecule has 1 atom stereocenters. The van der Waals surface area contributed by atoms with E-state index >= 15 is 0 Å². The molecule has 2 saturated carbocycles. The fourth-order valence-electron chi connectivity index (χ4n) is 5.51. The van der Waals surface area contributed by atoms with E-state index in [1.807, 2.05) is 98.8 Å². The first-order valence-electron chi connectivity index (χ1n) is 13.0. The fourth-order valence-corrected chi connectivity index (χ4v) is 7.21. The first kappa shape index (κ1) is 30.4. The molecule has 192 valence electrons. The quantitative estimate of drug-likeness (QED) is 0.310. The van der Waals surface area contributed by atoms with Gasteiger partial charge in [0, 0.05) is 24.4 Å². The van der Waals surface area contributed by atoms with E-state index in [1.54, 1.807) is 0 Å². The Morgan fingerprint density at radius 3 is 1.86 bits per heavy atom. The Labute approximate surface area is 238 Å². The average Bonchev–Trinajstić information content (AvgIpc) is 3.67. The minimum Gasteiger partial charge on any atom is -0.380 e. The van der Waals surface area contributed by atoms with E-state index in [0.717, 1.165) is 36.6 Å². The van der Waals surface area contributed by atoms with Crippen molar-refractivity contribution in [3.8, 4) is 0 Å². The zero-order chi connectivity index (χ0) is 25.6. The van der Waals surface area contributed by atoms with Gasteiger partial charge in [-0.2, -0.15) is 0 Å². The number of benzene rings is 2. The van der Waals surface area contributed by atoms with Gasteiger partial charge in [-0.05, 0) is 81.0 Å². The SMILES string of the molecule is C=CCN1CCC[C@@H]1[C]1[C](C(O)(c2ccccc2)c2ccccc2)[CH][CH][C]1[Si](C)(C)C.[CH]1[CH][CH][CH][CH]1.[Fe+2]. The molecule has 1 aliphatic heterocycles. The Kier molecular flexibility index (Phi) is 11.3. The molecule has 2 aromatic carbocycles. The molecule has 3 fully saturated rings. The zero-order valence-corrected chi connectivity index (χ0v) is 24.4. The summed E-state index contributed by atoms with van der Waals surface area (Å²) in [5.41, 5.74) is 2.12. The van der Waals surface area contributed by atoms with Gasteiger partial charge in [-0.3, -0.25) is 4.90 Å². The topological polar surface area (TPSA) is 23.5 Å². The van der Waals surface area contributed by atoms with Crippen LogP contribution in [0.3, 0.4) is 0 Å². The molecule has 0 unspecified atom stereocenters. The molecule has 0 aromatic heterocycles. The second-order valence-corrected chi connectivity index (χ2v) is 15.7. The molecule has 37 heavy (non-hydrogen) atoms. The molecule has 2 aromatic rings. The Morgan fingerprint density at radius 1 is 0.892 bits per heavy atom. The van der Waals surface area contributed by atoms with Crippen LogP contribution in [0.4, 0.5) is 0 Å². The van der Waals surface area contributed by atoms with Crippen LogP contribution in [0.15, 0.2) is 73.3 Å². The number of hydrogen-bond donors (Lipinski definition) is 1. The van der Waals surface area contributed by atoms with Gasteiger partial charge in [0.15, 0.2) is 0 Å². The number of aliphatic hydroxyl groups is 1. The van der Waals surface area contributed by atoms with Crippen LogP contribution in [0.1, 0.15) is 24.0 Å². The van der Waals surface area contributed by atoms with Gasteiger partial charge in [0.25, 0.3) is 0 Å². The largest absolute Gasteiger partial charge is 2.00 e. The van der Waals surface area contributed by atoms with E-state index in [1.165, 1.54) is 17.9 Å². The fraction of sp³-hybridized carbons (Fsp3) is 0.273. The third kappa shape index (κ3) is 6.89. The summed E-state index contributed by atoms with van der Waals surface area (Å²) in [6, 6.07) is 20.6. The maximum atomic E-state index is 12.5. The Morgan fingerprint density at radius 2 is 1.41 bits per heavy atom. The summed E-state index contributed by atoms with van der Waals surface area (Å²) >= 11 is 0. The molecule has 2 nitrogen and oxygen atoms in total. The average molecular weight is 550 g/mol. The smallest absolute Gasteiger partial charge is 0.380 e. The number of hydrogen-bond acceptors (Lipinski definition) is 2. The molecule has 1 saturated heterocycles. The molecule has 3 aliphatic rings. The van der Waals surface area contributed by atoms with E-state index in [2.05, 4.69) is 44.0 Å². The van der Waals surface area contributed by atoms with Crippen molar-refractivity contribution in [1.82, 2.24) is 4.90 Å². The van der Waals surface area contributed by atoms with Crippen molar-refractivity contribution in [2.75, 3.05) is 13.1 Å². The minimum atomic E-state index is -1.62. The van der Waals surface area contributed by atoms with Crippen molar-refractivity contribution in [3.05, 3.63) is 147 Å². The van der Waals surface area contributed by atoms with Gasteiger partial charge in [-0.25, -0.2) is 0 Å². The maximum Gasteiger partial charge on any atom is 2.00 e. The summed E-state index contributed by atoms with van der Waals surface area (Å²) < 4.78 is 0. The Bertz CT molecular complexity index is 893. The minimum absolute atomic E-state index is 0. The molecule has 1 heterocycles. The summed E-state index contributed by atoms with van der Waals surface area (Å²) in [6.07, 6.45) is 18.8. The van der Waals surface area contributed by atoms with Crippen LogP contribution in [0, 0.1) is 62.3 Å². The van der Waals surface area contributed by atoms with Crippen LogP contribution in [-0.4, -0.2) is 37.2 Å². The van der Waals surface area contributed by atoms with E-state index < -0.39 is 13.7 Å². The first-order valence-corrected chi connectivity index (χ1v) is 16.5. The second-order valence-electron chi connectivity index (χ2n) is 10.7. The molecule has 0 amide bonds. The maximum absolute atomic E-state index is 12.5. The van der Waals surface area contributed by atoms with Crippen LogP contribution in [0.5, 0.6) is 0 Å². The van der Waals surface area contributed by atoms with Crippen molar-refractivity contribution in [2.24, 2.45) is 0 Å². The van der Waals surface area contributed by atoms with Crippen LogP contribution in [0.2, 0.25) is 19.6 Å². The molecular formula is C33H39FeNOSi+2. The summed E-state index contributed by atoms with van der Waals surface area (Å²) in [4.78, 5) is 2.53. The van der Waals surface area contributed by atoms with Crippen molar-refractivity contribution in [3.63, 3.8) is 0 Å². The van der Waals surface area contributed by atoms with Crippen LogP contribution in [0.25, 0.3) is 0 Å². The predicted octanol–water partition coefficient (Wildman–Crippen LogP) is 6.61. The summed E-state index contributed by atoms with van der Waals surface area (Å²) in [5, 5.41) is 12.5. The van der Waals surface area contributed by atoms with Gasteiger partial charge in [0.1, 0.15) is 5.60 Å². The molecule has 1 N–H and O–H groups in total. The zero-order valence-electron chi connectivity index (χ0n) is 22.3. The predicted molar refractivity (Wildman–Crippen MR) is 154 cm³/mol. The van der Waals surface area contributed by atoms with Crippen LogP contribution >= 0.6 is 0 Å². The van der Waals surface area contributed by atoms with Gasteiger partial charge >= 0.3 is 17.1 Å². The monoisotopic (exact) mass is 549 g/mol. The third-order valence-corrected chi connectivity index (χ3v) is 9.25. The molecular weight excluding hydrogens is 510 g/mol. The molecule has 4 heteroatoms. The summed E-state index contributed by atoms with van der Waals surface area (Å²) in [7, 11) is -1.62. The van der Waals surface area contributed by atoms with Crippen molar-refractivity contribution >= 4 is 8.07 Å². The molecule has 5 rings (SSSR count). The molecule has 0 spiro atoms. The third-order valence-electron chi connectivity index (χ3n) is 7.19. The van der Waals surface area contributed by atoms with Gasteiger partial charge in [-0.1, -0.05) is 86.4 Å². The summed E-state index contributed by atoms with van der Waals surface area (Å²) in [5.74, 6) is 2.40. The van der Waals surface area contributed by atoms with Gasteiger partial charge in [0.05, 0.1) is 8.07 Å². The molecule has 2 aliphatic carbocycles. The molecule has 0 bridgehead atoms. The van der Waals surface area contributed by atoms with E-state index in [9.17, 15) is 5.11 Å². The van der Waals surface area contributed by atoms with E-state index in [-0.39, 0.29) is 17.1 Å². The van der Waals surface area contributed by atoms with Crippen molar-refractivity contribution < 1.29 is 22.2 Å². The standard InChI is InChI=1S/C28H34NOSi.C5H5.Fe/c1-5-20-29-21-12-17-25(29)27-24(18-19-26(27)31(2,3)4)28(30,22-13-8-6-9-14-22)23-15-10-7-11-16-23;1-2-4-5-3-1;/h5-11,13-16,18-19,25,30H,1,12,17,20-21H2,2-4H3;1-5H;/q;;+2/t25-;;/m1../s1. The first-order chi connectivity index (χ1) is 17.4. The van der Waals surface area contributed by atoms with Gasteiger partial charge in [-0.15, -0.1) is 6.58 Å². The number of nitrogens with zero attached hydrogens (tertiary/aromatic N) is 1.